The Hall–Kier alpha value is -0.300. The maximum absolute atomic E-state index is 5.10. The van der Waals surface area contributed by atoms with Crippen LogP contribution >= 0.6 is 0 Å². The molecule has 0 aliphatic carbocycles. The van der Waals surface area contributed by atoms with E-state index in [4.69, 9.17) is 4.74 Å². The average molecular weight is 168 g/mol. The SMILES string of the molecule is CCCCCCC=CCC1CO1. The molecule has 0 N–H and O–H groups in total. The Morgan fingerprint density at radius 3 is 2.75 bits per heavy atom. The molecule has 1 aliphatic rings. The van der Waals surface area contributed by atoms with E-state index in [1.807, 2.05) is 0 Å². The van der Waals surface area contributed by atoms with E-state index in [2.05, 4.69) is 19.1 Å². The number of rotatable bonds is 7. The predicted octanol–water partition coefficient (Wildman–Crippen LogP) is 3.30. The van der Waals surface area contributed by atoms with E-state index >= 15 is 0 Å². The molecule has 1 unspecified atom stereocenters. The third-order valence-electron chi connectivity index (χ3n) is 2.19. The summed E-state index contributed by atoms with van der Waals surface area (Å²) in [5, 5.41) is 0. The molecule has 1 nitrogen and oxygen atoms in total. The van der Waals surface area contributed by atoms with Gasteiger partial charge in [0.2, 0.25) is 0 Å². The van der Waals surface area contributed by atoms with Gasteiger partial charge in [-0.2, -0.15) is 0 Å². The fourth-order valence-electron chi connectivity index (χ4n) is 1.26. The van der Waals surface area contributed by atoms with Crippen LogP contribution in [0, 0.1) is 0 Å². The lowest BCUT2D eigenvalue weighted by atomic mass is 10.1. The number of allylic oxidation sites excluding steroid dienone is 1. The maximum atomic E-state index is 5.10. The highest BCUT2D eigenvalue weighted by atomic mass is 16.6. The van der Waals surface area contributed by atoms with Crippen molar-refractivity contribution in [2.45, 2.75) is 51.6 Å². The Morgan fingerprint density at radius 2 is 2.08 bits per heavy atom. The predicted molar refractivity (Wildman–Crippen MR) is 52.3 cm³/mol. The number of unbranched alkanes of at least 4 members (excludes halogenated alkanes) is 4. The molecule has 0 aromatic carbocycles. The van der Waals surface area contributed by atoms with Crippen LogP contribution in [0.5, 0.6) is 0 Å². The van der Waals surface area contributed by atoms with Gasteiger partial charge in [-0.25, -0.2) is 0 Å². The zero-order chi connectivity index (χ0) is 8.65. The molecule has 1 heteroatoms. The molecule has 0 spiro atoms. The second kappa shape index (κ2) is 6.24. The first-order valence-electron chi connectivity index (χ1n) is 5.20. The van der Waals surface area contributed by atoms with E-state index in [1.165, 1.54) is 32.1 Å². The molecule has 70 valence electrons. The summed E-state index contributed by atoms with van der Waals surface area (Å²) in [6.45, 7) is 3.24. The summed E-state index contributed by atoms with van der Waals surface area (Å²) in [7, 11) is 0. The molecular formula is C11H20O. The van der Waals surface area contributed by atoms with Crippen molar-refractivity contribution in [3.63, 3.8) is 0 Å². The molecule has 0 amide bonds. The minimum absolute atomic E-state index is 0.567. The van der Waals surface area contributed by atoms with Crippen molar-refractivity contribution in [1.82, 2.24) is 0 Å². The molecule has 1 atom stereocenters. The van der Waals surface area contributed by atoms with Crippen LogP contribution in [-0.4, -0.2) is 12.7 Å². The van der Waals surface area contributed by atoms with Gasteiger partial charge in [0.05, 0.1) is 12.7 Å². The molecule has 1 aliphatic heterocycles. The Kier molecular flexibility index (Phi) is 5.09. The van der Waals surface area contributed by atoms with Crippen LogP contribution in [0.15, 0.2) is 12.2 Å². The smallest absolute Gasteiger partial charge is 0.0844 e. The zero-order valence-electron chi connectivity index (χ0n) is 8.09. The fraction of sp³-hybridized carbons (Fsp3) is 0.818. The normalized spacial score (nSPS) is 21.9. The molecule has 12 heavy (non-hydrogen) atoms. The van der Waals surface area contributed by atoms with Crippen molar-refractivity contribution in [2.24, 2.45) is 0 Å². The van der Waals surface area contributed by atoms with Gasteiger partial charge < -0.3 is 4.74 Å². The van der Waals surface area contributed by atoms with Crippen LogP contribution in [0.25, 0.3) is 0 Å². The van der Waals surface area contributed by atoms with Crippen molar-refractivity contribution in [3.05, 3.63) is 12.2 Å². The maximum Gasteiger partial charge on any atom is 0.0844 e. The van der Waals surface area contributed by atoms with Crippen LogP contribution < -0.4 is 0 Å². The van der Waals surface area contributed by atoms with Gasteiger partial charge in [-0.1, -0.05) is 38.3 Å². The minimum atomic E-state index is 0.567. The lowest BCUT2D eigenvalue weighted by Gasteiger charge is -1.93. The quantitative estimate of drug-likeness (QED) is 0.323. The summed E-state index contributed by atoms with van der Waals surface area (Å²) in [5.41, 5.74) is 0. The number of epoxide rings is 1. The van der Waals surface area contributed by atoms with Crippen LogP contribution in [0.2, 0.25) is 0 Å². The Labute approximate surface area is 75.8 Å². The van der Waals surface area contributed by atoms with E-state index in [9.17, 15) is 0 Å². The molecule has 0 aromatic rings. The lowest BCUT2D eigenvalue weighted by Crippen LogP contribution is -1.79. The third-order valence-corrected chi connectivity index (χ3v) is 2.19. The topological polar surface area (TPSA) is 12.5 Å². The zero-order valence-corrected chi connectivity index (χ0v) is 8.09. The summed E-state index contributed by atoms with van der Waals surface area (Å²) in [4.78, 5) is 0. The highest BCUT2D eigenvalue weighted by Crippen LogP contribution is 2.14. The number of ether oxygens (including phenoxy) is 1. The highest BCUT2D eigenvalue weighted by Gasteiger charge is 2.19. The molecule has 1 rings (SSSR count). The van der Waals surface area contributed by atoms with Crippen LogP contribution in [0.3, 0.4) is 0 Å². The van der Waals surface area contributed by atoms with Gasteiger partial charge in [-0.15, -0.1) is 0 Å². The van der Waals surface area contributed by atoms with Gasteiger partial charge in [0.25, 0.3) is 0 Å². The summed E-state index contributed by atoms with van der Waals surface area (Å²) < 4.78 is 5.10. The molecule has 0 radical (unpaired) electrons. The van der Waals surface area contributed by atoms with Gasteiger partial charge in [0.15, 0.2) is 0 Å². The first-order valence-corrected chi connectivity index (χ1v) is 5.20. The molecule has 1 saturated heterocycles. The van der Waals surface area contributed by atoms with E-state index in [-0.39, 0.29) is 0 Å². The van der Waals surface area contributed by atoms with Crippen molar-refractivity contribution in [3.8, 4) is 0 Å². The van der Waals surface area contributed by atoms with Gasteiger partial charge in [0.1, 0.15) is 0 Å². The van der Waals surface area contributed by atoms with Gasteiger partial charge in [-0.05, 0) is 19.3 Å². The minimum Gasteiger partial charge on any atom is -0.373 e. The van der Waals surface area contributed by atoms with Gasteiger partial charge in [-0.3, -0.25) is 0 Å². The van der Waals surface area contributed by atoms with E-state index in [1.54, 1.807) is 0 Å². The fourth-order valence-corrected chi connectivity index (χ4v) is 1.26. The first-order chi connectivity index (χ1) is 5.93. The number of hydrogen-bond acceptors (Lipinski definition) is 1. The summed E-state index contributed by atoms with van der Waals surface area (Å²) in [6, 6.07) is 0. The largest absolute Gasteiger partial charge is 0.373 e. The Morgan fingerprint density at radius 1 is 1.25 bits per heavy atom. The third kappa shape index (κ3) is 5.36. The molecule has 0 bridgehead atoms. The van der Waals surface area contributed by atoms with E-state index in [0.717, 1.165) is 13.0 Å². The Bertz CT molecular complexity index is 125. The van der Waals surface area contributed by atoms with Gasteiger partial charge in [0, 0.05) is 0 Å². The molecule has 0 saturated carbocycles. The van der Waals surface area contributed by atoms with Crippen molar-refractivity contribution >= 4 is 0 Å². The molecule has 1 heterocycles. The molecular weight excluding hydrogens is 148 g/mol. The van der Waals surface area contributed by atoms with Crippen molar-refractivity contribution in [2.75, 3.05) is 6.61 Å². The van der Waals surface area contributed by atoms with Crippen molar-refractivity contribution < 1.29 is 4.74 Å². The highest BCUT2D eigenvalue weighted by molar-refractivity contribution is 4.87. The van der Waals surface area contributed by atoms with E-state index in [0.29, 0.717) is 6.10 Å². The van der Waals surface area contributed by atoms with Crippen LogP contribution in [-0.2, 0) is 4.74 Å². The van der Waals surface area contributed by atoms with Gasteiger partial charge >= 0.3 is 0 Å². The summed E-state index contributed by atoms with van der Waals surface area (Å²) in [5.74, 6) is 0. The van der Waals surface area contributed by atoms with E-state index < -0.39 is 0 Å². The molecule has 0 aromatic heterocycles. The van der Waals surface area contributed by atoms with Crippen molar-refractivity contribution in [1.29, 1.82) is 0 Å². The standard InChI is InChI=1S/C11H20O/c1-2-3-4-5-6-7-8-9-11-10-12-11/h7-8,11H,2-6,9-10H2,1H3. The summed E-state index contributed by atoms with van der Waals surface area (Å²) >= 11 is 0. The second-order valence-electron chi connectivity index (χ2n) is 3.51. The monoisotopic (exact) mass is 168 g/mol. The molecule has 1 fully saturated rings. The lowest BCUT2D eigenvalue weighted by molar-refractivity contribution is 0.410. The second-order valence-corrected chi connectivity index (χ2v) is 3.51. The Balaban J connectivity index is 1.77. The number of hydrogen-bond donors (Lipinski definition) is 0. The summed E-state index contributed by atoms with van der Waals surface area (Å²) in [6.07, 6.45) is 13.0. The van der Waals surface area contributed by atoms with Crippen LogP contribution in [0.1, 0.15) is 45.4 Å². The van der Waals surface area contributed by atoms with Crippen LogP contribution in [0.4, 0.5) is 0 Å². The first kappa shape index (κ1) is 9.79. The average Bonchev–Trinajstić information content (AvgIpc) is 2.87.